The van der Waals surface area contributed by atoms with Gasteiger partial charge in [-0.2, -0.15) is 0 Å². The number of fused-ring (bicyclic) bond motifs is 2. The molecule has 7 heteroatoms. The van der Waals surface area contributed by atoms with Gasteiger partial charge in [-0.1, -0.05) is 24.1 Å². The molecule has 0 atom stereocenters. The van der Waals surface area contributed by atoms with Crippen LogP contribution in [0.4, 0.5) is 5.69 Å². The normalized spacial score (nSPS) is 13.6. The third-order valence-corrected chi connectivity index (χ3v) is 5.00. The molecule has 28 heavy (non-hydrogen) atoms. The van der Waals surface area contributed by atoms with Crippen molar-refractivity contribution in [1.82, 2.24) is 9.55 Å². The number of aryl methyl sites for hydroxylation is 1. The van der Waals surface area contributed by atoms with Gasteiger partial charge in [0.15, 0.2) is 6.61 Å². The Kier molecular flexibility index (Phi) is 5.30. The number of nitrogens with one attached hydrogen (secondary N) is 1. The van der Waals surface area contributed by atoms with E-state index in [1.54, 1.807) is 47.0 Å². The maximum Gasteiger partial charge on any atom is 0.262 e. The van der Waals surface area contributed by atoms with Gasteiger partial charge in [0.05, 0.1) is 10.9 Å². The number of anilines is 1. The van der Waals surface area contributed by atoms with Crippen LogP contribution in [0, 0.1) is 0 Å². The molecule has 0 unspecified atom stereocenters. The van der Waals surface area contributed by atoms with Crippen LogP contribution in [0.5, 0.6) is 5.75 Å². The van der Waals surface area contributed by atoms with Gasteiger partial charge < -0.3 is 10.1 Å². The smallest absolute Gasteiger partial charge is 0.262 e. The molecule has 6 nitrogen and oxygen atoms in total. The van der Waals surface area contributed by atoms with Crippen LogP contribution < -0.4 is 15.6 Å². The van der Waals surface area contributed by atoms with Crippen molar-refractivity contribution in [2.45, 2.75) is 32.2 Å². The second-order valence-electron chi connectivity index (χ2n) is 6.82. The summed E-state index contributed by atoms with van der Waals surface area (Å²) in [6.45, 7) is 0.530. The number of carbonyl (C=O) groups excluding carboxylic acids is 1. The Morgan fingerprint density at radius 1 is 1.18 bits per heavy atom. The van der Waals surface area contributed by atoms with Crippen molar-refractivity contribution in [1.29, 1.82) is 0 Å². The number of ether oxygens (including phenoxy) is 1. The van der Waals surface area contributed by atoms with Crippen molar-refractivity contribution in [3.05, 3.63) is 63.7 Å². The molecule has 0 radical (unpaired) electrons. The Morgan fingerprint density at radius 2 is 2.07 bits per heavy atom. The molecule has 0 fully saturated rings. The van der Waals surface area contributed by atoms with Crippen LogP contribution in [-0.2, 0) is 17.8 Å². The number of aromatic nitrogens is 2. The first-order chi connectivity index (χ1) is 13.6. The molecule has 144 valence electrons. The largest absolute Gasteiger partial charge is 0.484 e. The van der Waals surface area contributed by atoms with Crippen molar-refractivity contribution in [3.8, 4) is 5.75 Å². The Morgan fingerprint density at radius 3 is 2.93 bits per heavy atom. The van der Waals surface area contributed by atoms with E-state index in [2.05, 4.69) is 10.3 Å². The monoisotopic (exact) mass is 397 g/mol. The summed E-state index contributed by atoms with van der Waals surface area (Å²) in [4.78, 5) is 29.6. The average molecular weight is 398 g/mol. The minimum Gasteiger partial charge on any atom is -0.484 e. The number of hydrogen-bond donors (Lipinski definition) is 1. The minimum absolute atomic E-state index is 0.0456. The lowest BCUT2D eigenvalue weighted by Gasteiger charge is -2.11. The first-order valence-corrected chi connectivity index (χ1v) is 9.70. The summed E-state index contributed by atoms with van der Waals surface area (Å²) < 4.78 is 7.35. The Labute approximate surface area is 167 Å². The second kappa shape index (κ2) is 8.02. The molecule has 1 N–H and O–H groups in total. The molecule has 0 saturated carbocycles. The van der Waals surface area contributed by atoms with Gasteiger partial charge in [-0.25, -0.2) is 4.98 Å². The van der Waals surface area contributed by atoms with E-state index in [9.17, 15) is 9.59 Å². The van der Waals surface area contributed by atoms with Crippen LogP contribution in [0.3, 0.4) is 0 Å². The zero-order chi connectivity index (χ0) is 19.5. The summed E-state index contributed by atoms with van der Waals surface area (Å²) >= 11 is 5.91. The Balaban J connectivity index is 1.51. The highest BCUT2D eigenvalue weighted by molar-refractivity contribution is 6.30. The summed E-state index contributed by atoms with van der Waals surface area (Å²) in [5.74, 6) is 1.01. The van der Waals surface area contributed by atoms with E-state index in [1.807, 2.05) is 0 Å². The van der Waals surface area contributed by atoms with Crippen LogP contribution >= 0.6 is 11.6 Å². The van der Waals surface area contributed by atoms with E-state index < -0.39 is 0 Å². The lowest BCUT2D eigenvalue weighted by atomic mass is 10.2. The van der Waals surface area contributed by atoms with Gasteiger partial charge in [-0.05, 0) is 49.2 Å². The molecule has 1 aliphatic heterocycles. The van der Waals surface area contributed by atoms with Crippen LogP contribution in [0.2, 0.25) is 5.02 Å². The predicted molar refractivity (Wildman–Crippen MR) is 109 cm³/mol. The zero-order valence-electron chi connectivity index (χ0n) is 15.3. The van der Waals surface area contributed by atoms with Crippen LogP contribution in [0.25, 0.3) is 10.9 Å². The molecule has 0 aliphatic carbocycles. The van der Waals surface area contributed by atoms with Crippen LogP contribution in [-0.4, -0.2) is 22.1 Å². The number of benzene rings is 2. The molecular formula is C21H20ClN3O3. The molecule has 2 heterocycles. The first kappa shape index (κ1) is 18.5. The number of hydrogen-bond acceptors (Lipinski definition) is 4. The van der Waals surface area contributed by atoms with Crippen molar-refractivity contribution in [2.24, 2.45) is 0 Å². The molecule has 0 saturated heterocycles. The highest BCUT2D eigenvalue weighted by Crippen LogP contribution is 2.20. The molecule has 0 bridgehead atoms. The second-order valence-corrected chi connectivity index (χ2v) is 7.26. The van der Waals surface area contributed by atoms with Gasteiger partial charge in [0, 0.05) is 23.7 Å². The van der Waals surface area contributed by atoms with Crippen LogP contribution in [0.15, 0.2) is 47.3 Å². The third-order valence-electron chi connectivity index (χ3n) is 4.77. The van der Waals surface area contributed by atoms with Gasteiger partial charge in [-0.15, -0.1) is 0 Å². The number of amides is 1. The summed E-state index contributed by atoms with van der Waals surface area (Å²) in [6, 6.07) is 12.1. The number of carbonyl (C=O) groups is 1. The van der Waals surface area contributed by atoms with Gasteiger partial charge in [-0.3, -0.25) is 14.2 Å². The van der Waals surface area contributed by atoms with Crippen LogP contribution in [0.1, 0.15) is 25.1 Å². The number of halogens is 1. The Bertz CT molecular complexity index is 1090. The van der Waals surface area contributed by atoms with E-state index in [-0.39, 0.29) is 18.1 Å². The molecule has 4 rings (SSSR count). The quantitative estimate of drug-likeness (QED) is 0.726. The maximum atomic E-state index is 12.9. The fraction of sp³-hybridized carbons (Fsp3) is 0.286. The molecule has 1 aromatic heterocycles. The lowest BCUT2D eigenvalue weighted by molar-refractivity contribution is -0.118. The highest BCUT2D eigenvalue weighted by Gasteiger charge is 2.14. The van der Waals surface area contributed by atoms with E-state index in [0.717, 1.165) is 31.5 Å². The minimum atomic E-state index is -0.306. The predicted octanol–water partition coefficient (Wildman–Crippen LogP) is 3.79. The van der Waals surface area contributed by atoms with E-state index in [0.29, 0.717) is 33.9 Å². The third kappa shape index (κ3) is 4.02. The summed E-state index contributed by atoms with van der Waals surface area (Å²) in [5, 5.41) is 3.78. The summed E-state index contributed by atoms with van der Waals surface area (Å²) in [7, 11) is 0. The fourth-order valence-corrected chi connectivity index (χ4v) is 3.59. The topological polar surface area (TPSA) is 73.2 Å². The average Bonchev–Trinajstić information content (AvgIpc) is 2.92. The summed E-state index contributed by atoms with van der Waals surface area (Å²) in [5.41, 5.74) is 1.22. The first-order valence-electron chi connectivity index (χ1n) is 9.32. The molecule has 1 aliphatic rings. The van der Waals surface area contributed by atoms with Gasteiger partial charge in [0.2, 0.25) is 0 Å². The number of nitrogens with zero attached hydrogens (tertiary/aromatic N) is 2. The van der Waals surface area contributed by atoms with E-state index >= 15 is 0 Å². The van der Waals surface area contributed by atoms with Crippen molar-refractivity contribution in [2.75, 3.05) is 11.9 Å². The summed E-state index contributed by atoms with van der Waals surface area (Å²) in [6.07, 6.45) is 3.98. The SMILES string of the molecule is O=C(COc1ccc2nc3n(c(=O)c2c1)CCCCC3)Nc1cccc(Cl)c1. The molecule has 2 aromatic carbocycles. The van der Waals surface area contributed by atoms with E-state index in [4.69, 9.17) is 16.3 Å². The maximum absolute atomic E-state index is 12.9. The number of rotatable bonds is 4. The lowest BCUT2D eigenvalue weighted by Crippen LogP contribution is -2.24. The molecule has 1 amide bonds. The standard InChI is InChI=1S/C21H20ClN3O3/c22-14-5-4-6-15(11-14)23-20(26)13-28-16-8-9-18-17(12-16)21(27)25-10-3-1-2-7-19(25)24-18/h4-6,8-9,11-12H,1-3,7,10,13H2,(H,23,26). The van der Waals surface area contributed by atoms with Gasteiger partial charge in [0.1, 0.15) is 11.6 Å². The van der Waals surface area contributed by atoms with Gasteiger partial charge in [0.25, 0.3) is 11.5 Å². The molecule has 3 aromatic rings. The van der Waals surface area contributed by atoms with Crippen molar-refractivity contribution in [3.63, 3.8) is 0 Å². The molecule has 0 spiro atoms. The van der Waals surface area contributed by atoms with Gasteiger partial charge >= 0.3 is 0 Å². The zero-order valence-corrected chi connectivity index (χ0v) is 16.0. The Hall–Kier alpha value is -2.86. The van der Waals surface area contributed by atoms with Crippen molar-refractivity contribution < 1.29 is 9.53 Å². The van der Waals surface area contributed by atoms with Crippen molar-refractivity contribution >= 4 is 34.1 Å². The molecular weight excluding hydrogens is 378 g/mol. The fourth-order valence-electron chi connectivity index (χ4n) is 3.40. The highest BCUT2D eigenvalue weighted by atomic mass is 35.5. The van der Waals surface area contributed by atoms with E-state index in [1.165, 1.54) is 0 Å².